The largest absolute Gasteiger partial charge is 0.345 e. The van der Waals surface area contributed by atoms with Crippen LogP contribution in [0.3, 0.4) is 0 Å². The molecule has 2 nitrogen and oxygen atoms in total. The summed E-state index contributed by atoms with van der Waals surface area (Å²) < 4.78 is 2.43. The van der Waals surface area contributed by atoms with E-state index in [0.717, 1.165) is 25.6 Å². The van der Waals surface area contributed by atoms with Gasteiger partial charge in [-0.15, -0.1) is 0 Å². The maximum atomic E-state index is 4.98. The SMILES string of the molecule is CCCCc1ccc([Si](Cn2ccnc2BC(=Cc2ccccc2)c2ccccc2)(c2ccccc2)c2ccccc2)cc1. The van der Waals surface area contributed by atoms with E-state index in [1.54, 1.807) is 0 Å². The van der Waals surface area contributed by atoms with Crippen molar-refractivity contribution in [2.45, 2.75) is 32.4 Å². The fourth-order valence-corrected chi connectivity index (χ4v) is 10.9. The Kier molecular flexibility index (Phi) is 9.49. The topological polar surface area (TPSA) is 17.8 Å². The number of benzene rings is 5. The molecule has 0 aliphatic rings. The summed E-state index contributed by atoms with van der Waals surface area (Å²) in [6.07, 6.45) is 10.9. The average Bonchev–Trinajstić information content (AvgIpc) is 3.54. The van der Waals surface area contributed by atoms with Gasteiger partial charge in [0, 0.05) is 18.6 Å². The fourth-order valence-electron chi connectivity index (χ4n) is 6.27. The number of aryl methyl sites for hydroxylation is 1. The zero-order chi connectivity index (χ0) is 30.0. The highest BCUT2D eigenvalue weighted by molar-refractivity contribution is 7.10. The highest BCUT2D eigenvalue weighted by Crippen LogP contribution is 2.18. The lowest BCUT2D eigenvalue weighted by Gasteiger charge is -2.35. The molecule has 0 aliphatic heterocycles. The van der Waals surface area contributed by atoms with Gasteiger partial charge in [-0.2, -0.15) is 0 Å². The van der Waals surface area contributed by atoms with E-state index in [-0.39, 0.29) is 0 Å². The van der Waals surface area contributed by atoms with Crippen LogP contribution in [-0.2, 0) is 12.6 Å². The van der Waals surface area contributed by atoms with Gasteiger partial charge in [0.05, 0.1) is 5.72 Å². The third kappa shape index (κ3) is 6.61. The molecule has 6 aromatic rings. The second kappa shape index (κ2) is 14.2. The summed E-state index contributed by atoms with van der Waals surface area (Å²) in [5.74, 6) is 0. The summed E-state index contributed by atoms with van der Waals surface area (Å²) >= 11 is 0. The standard InChI is InChI=1S/C40H39BN2Si/c1-2-3-16-33-25-27-38(28-26-33)44(36-21-12-6-13-22-36,37-23-14-7-15-24-37)32-43-30-29-42-40(43)41-39(35-19-10-5-11-20-35)31-34-17-8-4-9-18-34/h4-15,17-31,41H,2-3,16,32H2,1H3. The molecule has 0 bridgehead atoms. The predicted molar refractivity (Wildman–Crippen MR) is 192 cm³/mol. The molecule has 0 fully saturated rings. The first-order valence-electron chi connectivity index (χ1n) is 15.8. The van der Waals surface area contributed by atoms with E-state index in [4.69, 9.17) is 4.98 Å². The molecule has 44 heavy (non-hydrogen) atoms. The molecule has 0 unspecified atom stereocenters. The van der Waals surface area contributed by atoms with E-state index in [1.165, 1.54) is 50.6 Å². The third-order valence-corrected chi connectivity index (χ3v) is 13.4. The van der Waals surface area contributed by atoms with Crippen molar-refractivity contribution in [3.05, 3.63) is 175 Å². The number of aromatic nitrogens is 2. The highest BCUT2D eigenvalue weighted by Gasteiger charge is 2.40. The number of hydrogen-bond donors (Lipinski definition) is 0. The van der Waals surface area contributed by atoms with Crippen LogP contribution in [0.5, 0.6) is 0 Å². The van der Waals surface area contributed by atoms with Gasteiger partial charge in [0.25, 0.3) is 0 Å². The molecule has 4 heteroatoms. The molecule has 5 aromatic carbocycles. The molecule has 0 N–H and O–H groups in total. The minimum absolute atomic E-state index is 0.746. The molecule has 0 saturated carbocycles. The lowest BCUT2D eigenvalue weighted by atomic mass is 9.65. The summed E-state index contributed by atoms with van der Waals surface area (Å²) in [6.45, 7) is 2.26. The molecule has 216 valence electrons. The monoisotopic (exact) mass is 586 g/mol. The number of imidazole rings is 1. The van der Waals surface area contributed by atoms with Crippen molar-refractivity contribution in [1.29, 1.82) is 0 Å². The average molecular weight is 587 g/mol. The second-order valence-corrected chi connectivity index (χ2v) is 15.4. The molecule has 1 aromatic heterocycles. The van der Waals surface area contributed by atoms with Crippen molar-refractivity contribution >= 4 is 48.2 Å². The van der Waals surface area contributed by atoms with Crippen molar-refractivity contribution in [3.8, 4) is 0 Å². The number of rotatable bonds is 12. The maximum absolute atomic E-state index is 4.98. The summed E-state index contributed by atoms with van der Waals surface area (Å²) in [4.78, 5) is 4.98. The van der Waals surface area contributed by atoms with Gasteiger partial charge in [-0.3, -0.25) is 4.98 Å². The van der Waals surface area contributed by atoms with Gasteiger partial charge in [-0.05, 0) is 45.1 Å². The molecule has 0 amide bonds. The van der Waals surface area contributed by atoms with Crippen LogP contribution in [0.1, 0.15) is 36.5 Å². The first kappa shape index (κ1) is 29.4. The van der Waals surface area contributed by atoms with E-state index in [1.807, 2.05) is 6.20 Å². The van der Waals surface area contributed by atoms with E-state index >= 15 is 0 Å². The van der Waals surface area contributed by atoms with Crippen LogP contribution in [0.2, 0.25) is 0 Å². The minimum atomic E-state index is -2.51. The zero-order valence-electron chi connectivity index (χ0n) is 25.5. The first-order chi connectivity index (χ1) is 21.8. The van der Waals surface area contributed by atoms with Crippen LogP contribution in [0.4, 0.5) is 0 Å². The van der Waals surface area contributed by atoms with Crippen molar-refractivity contribution in [3.63, 3.8) is 0 Å². The van der Waals surface area contributed by atoms with Gasteiger partial charge < -0.3 is 4.57 Å². The highest BCUT2D eigenvalue weighted by atomic mass is 28.3. The van der Waals surface area contributed by atoms with Gasteiger partial charge in [0.15, 0.2) is 8.07 Å². The van der Waals surface area contributed by atoms with Crippen LogP contribution < -0.4 is 21.3 Å². The quantitative estimate of drug-likeness (QED) is 0.0950. The van der Waals surface area contributed by atoms with Gasteiger partial charge in [0.2, 0.25) is 7.28 Å². The van der Waals surface area contributed by atoms with Crippen LogP contribution in [-0.4, -0.2) is 24.9 Å². The Morgan fingerprint density at radius 3 is 1.82 bits per heavy atom. The zero-order valence-corrected chi connectivity index (χ0v) is 26.5. The molecular weight excluding hydrogens is 547 g/mol. The van der Waals surface area contributed by atoms with Crippen molar-refractivity contribution in [2.75, 3.05) is 0 Å². The lowest BCUT2D eigenvalue weighted by Crippen LogP contribution is -2.70. The van der Waals surface area contributed by atoms with Gasteiger partial charge in [-0.25, -0.2) is 0 Å². The van der Waals surface area contributed by atoms with Crippen molar-refractivity contribution in [2.24, 2.45) is 0 Å². The molecule has 0 spiro atoms. The third-order valence-electron chi connectivity index (χ3n) is 8.64. The summed E-state index contributed by atoms with van der Waals surface area (Å²) in [5.41, 5.74) is 6.19. The minimum Gasteiger partial charge on any atom is -0.345 e. The van der Waals surface area contributed by atoms with Crippen LogP contribution >= 0.6 is 0 Å². The first-order valence-corrected chi connectivity index (χ1v) is 18.0. The van der Waals surface area contributed by atoms with Crippen molar-refractivity contribution in [1.82, 2.24) is 9.55 Å². The molecule has 0 saturated heterocycles. The van der Waals surface area contributed by atoms with E-state index < -0.39 is 8.07 Å². The van der Waals surface area contributed by atoms with Crippen molar-refractivity contribution < 1.29 is 0 Å². The summed E-state index contributed by atoms with van der Waals surface area (Å²) in [5, 5.41) is 4.25. The van der Waals surface area contributed by atoms with E-state index in [9.17, 15) is 0 Å². The number of unbranched alkanes of at least 4 members (excludes halogenated alkanes) is 1. The predicted octanol–water partition coefficient (Wildman–Crippen LogP) is 6.20. The van der Waals surface area contributed by atoms with Gasteiger partial charge >= 0.3 is 0 Å². The smallest absolute Gasteiger partial charge is 0.239 e. The number of nitrogens with zero attached hydrogens (tertiary/aromatic N) is 2. The summed E-state index contributed by atoms with van der Waals surface area (Å²) in [6, 6.07) is 53.3. The Labute approximate surface area is 264 Å². The van der Waals surface area contributed by atoms with Crippen LogP contribution in [0.15, 0.2) is 158 Å². The molecule has 0 aliphatic carbocycles. The molecular formula is C40H39BN2Si. The molecule has 0 atom stereocenters. The molecule has 6 rings (SSSR count). The van der Waals surface area contributed by atoms with Gasteiger partial charge in [0.1, 0.15) is 0 Å². The molecule has 1 heterocycles. The van der Waals surface area contributed by atoms with Gasteiger partial charge in [-0.1, -0.05) is 170 Å². The summed E-state index contributed by atoms with van der Waals surface area (Å²) in [7, 11) is -1.77. The Morgan fingerprint density at radius 2 is 1.23 bits per heavy atom. The second-order valence-electron chi connectivity index (χ2n) is 11.5. The van der Waals surface area contributed by atoms with E-state index in [0.29, 0.717) is 0 Å². The Morgan fingerprint density at radius 1 is 0.682 bits per heavy atom. The molecule has 0 radical (unpaired) electrons. The normalized spacial score (nSPS) is 11.8. The Hall–Kier alpha value is -4.67. The lowest BCUT2D eigenvalue weighted by molar-refractivity contribution is 0.795. The fraction of sp³-hybridized carbons (Fsp3) is 0.125. The van der Waals surface area contributed by atoms with Crippen LogP contribution in [0, 0.1) is 0 Å². The van der Waals surface area contributed by atoms with Crippen LogP contribution in [0.25, 0.3) is 11.5 Å². The Balaban J connectivity index is 1.46. The maximum Gasteiger partial charge on any atom is 0.239 e. The Bertz CT molecular complexity index is 1720. The van der Waals surface area contributed by atoms with E-state index in [2.05, 4.69) is 169 Å². The number of hydrogen-bond acceptors (Lipinski definition) is 1.